The summed E-state index contributed by atoms with van der Waals surface area (Å²) in [6.07, 6.45) is 1.39. The largest absolute Gasteiger partial charge is 0.493 e. The number of halogens is 1. The number of methoxy groups -OCH3 is 1. The number of hydrazone groups is 1. The van der Waals surface area contributed by atoms with Gasteiger partial charge in [0.25, 0.3) is 0 Å². The fraction of sp³-hybridized carbons (Fsp3) is 0.0667. The number of ether oxygens (including phenoxy) is 1. The zero-order valence-corrected chi connectivity index (χ0v) is 13.1. The van der Waals surface area contributed by atoms with Crippen LogP contribution in [0.3, 0.4) is 0 Å². The van der Waals surface area contributed by atoms with E-state index in [1.54, 1.807) is 31.4 Å². The Hall–Kier alpha value is -2.54. The highest BCUT2D eigenvalue weighted by atomic mass is 79.9. The monoisotopic (exact) mass is 362 g/mol. The first-order valence-corrected chi connectivity index (χ1v) is 7.12. The predicted octanol–water partition coefficient (Wildman–Crippen LogP) is 3.56. The van der Waals surface area contributed by atoms with Gasteiger partial charge in [0.1, 0.15) is 5.76 Å². The van der Waals surface area contributed by atoms with Crippen molar-refractivity contribution >= 4 is 39.0 Å². The molecule has 112 valence electrons. The molecule has 0 radical (unpaired) electrons. The van der Waals surface area contributed by atoms with E-state index >= 15 is 0 Å². The van der Waals surface area contributed by atoms with Crippen LogP contribution in [0.2, 0.25) is 0 Å². The van der Waals surface area contributed by atoms with Gasteiger partial charge in [-0.2, -0.15) is 5.10 Å². The lowest BCUT2D eigenvalue weighted by atomic mass is 10.2. The highest BCUT2D eigenvalue weighted by Crippen LogP contribution is 2.28. The molecule has 0 bridgehead atoms. The Morgan fingerprint density at radius 1 is 1.32 bits per heavy atom. The zero-order chi connectivity index (χ0) is 15.5. The van der Waals surface area contributed by atoms with Crippen molar-refractivity contribution in [2.45, 2.75) is 0 Å². The van der Waals surface area contributed by atoms with Crippen LogP contribution in [0.15, 0.2) is 55.0 Å². The standard InChI is InChI=1S/C15H11BrN2O4/c1-20-11-4-2-3-9-7-12(22-14(9)11)15(19)18-17-8-10-5-6-13(16)21-10/h2-8H,1H3,(H,18,19)/b17-8-. The van der Waals surface area contributed by atoms with Crippen molar-refractivity contribution in [3.05, 3.63) is 52.6 Å². The maximum Gasteiger partial charge on any atom is 0.307 e. The highest BCUT2D eigenvalue weighted by molar-refractivity contribution is 9.10. The number of benzene rings is 1. The van der Waals surface area contributed by atoms with Gasteiger partial charge in [-0.25, -0.2) is 5.43 Å². The second kappa shape index (κ2) is 6.07. The molecular weight excluding hydrogens is 352 g/mol. The summed E-state index contributed by atoms with van der Waals surface area (Å²) in [5.41, 5.74) is 2.90. The SMILES string of the molecule is COc1cccc2cc(C(=O)N/N=C\c3ccc(Br)o3)oc12. The van der Waals surface area contributed by atoms with E-state index in [4.69, 9.17) is 13.6 Å². The average molecular weight is 363 g/mol. The molecular formula is C15H11BrN2O4. The molecule has 0 fully saturated rings. The van der Waals surface area contributed by atoms with Crippen molar-refractivity contribution in [3.8, 4) is 5.75 Å². The third-order valence-electron chi connectivity index (χ3n) is 2.90. The van der Waals surface area contributed by atoms with E-state index in [2.05, 4.69) is 26.5 Å². The van der Waals surface area contributed by atoms with E-state index in [9.17, 15) is 4.79 Å². The summed E-state index contributed by atoms with van der Waals surface area (Å²) in [4.78, 5) is 12.0. The summed E-state index contributed by atoms with van der Waals surface area (Å²) < 4.78 is 16.5. The molecule has 3 rings (SSSR count). The van der Waals surface area contributed by atoms with Gasteiger partial charge in [0.15, 0.2) is 21.8 Å². The Labute approximate surface area is 133 Å². The number of nitrogens with one attached hydrogen (secondary N) is 1. The summed E-state index contributed by atoms with van der Waals surface area (Å²) in [6, 6.07) is 10.5. The Balaban J connectivity index is 1.76. The van der Waals surface area contributed by atoms with Gasteiger partial charge < -0.3 is 13.6 Å². The third-order valence-corrected chi connectivity index (χ3v) is 3.33. The number of rotatable bonds is 4. The van der Waals surface area contributed by atoms with Crippen molar-refractivity contribution in [2.24, 2.45) is 5.10 Å². The van der Waals surface area contributed by atoms with Crippen molar-refractivity contribution in [3.63, 3.8) is 0 Å². The summed E-state index contributed by atoms with van der Waals surface area (Å²) >= 11 is 3.18. The second-order valence-corrected chi connectivity index (χ2v) is 5.11. The Morgan fingerprint density at radius 3 is 2.91 bits per heavy atom. The minimum Gasteiger partial charge on any atom is -0.493 e. The first-order valence-electron chi connectivity index (χ1n) is 6.32. The van der Waals surface area contributed by atoms with Crippen molar-refractivity contribution in [1.29, 1.82) is 0 Å². The van der Waals surface area contributed by atoms with E-state index in [1.165, 1.54) is 6.21 Å². The first-order chi connectivity index (χ1) is 10.7. The van der Waals surface area contributed by atoms with Crippen LogP contribution in [0.25, 0.3) is 11.0 Å². The second-order valence-electron chi connectivity index (χ2n) is 4.33. The van der Waals surface area contributed by atoms with Crippen LogP contribution in [0, 0.1) is 0 Å². The normalized spacial score (nSPS) is 11.2. The molecule has 7 heteroatoms. The maximum absolute atomic E-state index is 12.0. The van der Waals surface area contributed by atoms with Crippen molar-refractivity contribution in [1.82, 2.24) is 5.43 Å². The molecule has 1 N–H and O–H groups in total. The minimum atomic E-state index is -0.458. The lowest BCUT2D eigenvalue weighted by Gasteiger charge is -1.98. The quantitative estimate of drug-likeness (QED) is 0.568. The molecule has 0 aliphatic heterocycles. The number of carbonyl (C=O) groups is 1. The van der Waals surface area contributed by atoms with Crippen molar-refractivity contribution < 1.29 is 18.4 Å². The first kappa shape index (κ1) is 14.4. The summed E-state index contributed by atoms with van der Waals surface area (Å²) in [7, 11) is 1.54. The van der Waals surface area contributed by atoms with Gasteiger partial charge in [0.2, 0.25) is 0 Å². The molecule has 22 heavy (non-hydrogen) atoms. The summed E-state index contributed by atoms with van der Waals surface area (Å²) in [6.45, 7) is 0. The van der Waals surface area contributed by atoms with Crippen LogP contribution in [0.4, 0.5) is 0 Å². The number of para-hydroxylation sites is 1. The van der Waals surface area contributed by atoms with Gasteiger partial charge in [-0.3, -0.25) is 4.79 Å². The van der Waals surface area contributed by atoms with E-state index in [1.807, 2.05) is 12.1 Å². The smallest absolute Gasteiger partial charge is 0.307 e. The van der Waals surface area contributed by atoms with E-state index in [0.29, 0.717) is 21.8 Å². The fourth-order valence-corrected chi connectivity index (χ4v) is 2.24. The molecule has 0 aliphatic rings. The van der Waals surface area contributed by atoms with Gasteiger partial charge in [-0.15, -0.1) is 0 Å². The van der Waals surface area contributed by atoms with E-state index in [0.717, 1.165) is 5.39 Å². The van der Waals surface area contributed by atoms with E-state index < -0.39 is 5.91 Å². The molecule has 0 spiro atoms. The average Bonchev–Trinajstić information content (AvgIpc) is 3.12. The van der Waals surface area contributed by atoms with Crippen LogP contribution in [-0.4, -0.2) is 19.2 Å². The number of hydrogen-bond donors (Lipinski definition) is 1. The molecule has 1 amide bonds. The van der Waals surface area contributed by atoms with Crippen LogP contribution >= 0.6 is 15.9 Å². The molecule has 6 nitrogen and oxygen atoms in total. The Morgan fingerprint density at radius 2 is 2.18 bits per heavy atom. The number of furan rings is 2. The number of fused-ring (bicyclic) bond motifs is 1. The van der Waals surface area contributed by atoms with Crippen LogP contribution in [0.1, 0.15) is 16.3 Å². The molecule has 0 aliphatic carbocycles. The van der Waals surface area contributed by atoms with Crippen LogP contribution in [0.5, 0.6) is 5.75 Å². The van der Waals surface area contributed by atoms with E-state index in [-0.39, 0.29) is 5.76 Å². The molecule has 3 aromatic rings. The lowest BCUT2D eigenvalue weighted by molar-refractivity contribution is 0.0929. The van der Waals surface area contributed by atoms with Gasteiger partial charge in [0, 0.05) is 5.39 Å². The van der Waals surface area contributed by atoms with Gasteiger partial charge in [0.05, 0.1) is 13.3 Å². The zero-order valence-electron chi connectivity index (χ0n) is 11.5. The topological polar surface area (TPSA) is 77.0 Å². The summed E-state index contributed by atoms with van der Waals surface area (Å²) in [5.74, 6) is 0.774. The Kier molecular flexibility index (Phi) is 3.97. The lowest BCUT2D eigenvalue weighted by Crippen LogP contribution is -2.16. The Bertz CT molecular complexity index is 850. The maximum atomic E-state index is 12.0. The van der Waals surface area contributed by atoms with Crippen LogP contribution in [-0.2, 0) is 0 Å². The molecule has 2 aromatic heterocycles. The minimum absolute atomic E-state index is 0.150. The van der Waals surface area contributed by atoms with Gasteiger partial charge in [-0.05, 0) is 40.2 Å². The molecule has 0 saturated heterocycles. The highest BCUT2D eigenvalue weighted by Gasteiger charge is 2.14. The molecule has 2 heterocycles. The summed E-state index contributed by atoms with van der Waals surface area (Å²) in [5, 5.41) is 4.59. The number of amides is 1. The molecule has 0 unspecified atom stereocenters. The van der Waals surface area contributed by atoms with Crippen LogP contribution < -0.4 is 10.2 Å². The van der Waals surface area contributed by atoms with Gasteiger partial charge in [-0.1, -0.05) is 12.1 Å². The number of hydrogen-bond acceptors (Lipinski definition) is 5. The molecule has 0 atom stereocenters. The third kappa shape index (κ3) is 2.89. The molecule has 0 saturated carbocycles. The predicted molar refractivity (Wildman–Crippen MR) is 84.2 cm³/mol. The fourth-order valence-electron chi connectivity index (χ4n) is 1.92. The van der Waals surface area contributed by atoms with Crippen molar-refractivity contribution in [2.75, 3.05) is 7.11 Å². The number of carbonyl (C=O) groups excluding carboxylic acids is 1. The van der Waals surface area contributed by atoms with Gasteiger partial charge >= 0.3 is 5.91 Å². The number of nitrogens with zero attached hydrogens (tertiary/aromatic N) is 1. The molecule has 1 aromatic carbocycles.